The lowest BCUT2D eigenvalue weighted by molar-refractivity contribution is -0.122. The quantitative estimate of drug-likeness (QED) is 0.278. The fourth-order valence-electron chi connectivity index (χ4n) is 7.28. The number of hydrogen-bond acceptors (Lipinski definition) is 7. The summed E-state index contributed by atoms with van der Waals surface area (Å²) in [4.78, 5) is 46.5. The summed E-state index contributed by atoms with van der Waals surface area (Å²) in [5.41, 5.74) is 2.28. The van der Waals surface area contributed by atoms with E-state index in [1.165, 1.54) is 21.3 Å². The molecule has 1 N–H and O–H groups in total. The molecule has 0 bridgehead atoms. The van der Waals surface area contributed by atoms with Crippen molar-refractivity contribution in [2.75, 3.05) is 26.6 Å². The zero-order chi connectivity index (χ0) is 30.6. The predicted molar refractivity (Wildman–Crippen MR) is 165 cm³/mol. The topological polar surface area (TPSA) is 94.2 Å². The average Bonchev–Trinajstić information content (AvgIpc) is 3.55. The molecular weight excluding hydrogens is 556 g/mol. The highest BCUT2D eigenvalue weighted by Crippen LogP contribution is 2.62. The maximum atomic E-state index is 15.1. The molecule has 3 aliphatic rings. The van der Waals surface area contributed by atoms with E-state index >= 15 is 4.79 Å². The molecule has 1 saturated heterocycles. The van der Waals surface area contributed by atoms with Crippen LogP contribution < -0.4 is 19.5 Å². The van der Waals surface area contributed by atoms with Crippen LogP contribution in [0.1, 0.15) is 43.4 Å². The number of hydrogen-bond donors (Lipinski definition) is 1. The summed E-state index contributed by atoms with van der Waals surface area (Å²) in [5, 5.41) is 3.07. The predicted octanol–water partition coefficient (Wildman–Crippen LogP) is 5.69. The first-order valence-corrected chi connectivity index (χ1v) is 14.3. The van der Waals surface area contributed by atoms with Gasteiger partial charge in [-0.3, -0.25) is 14.4 Å². The number of carbonyl (C=O) groups excluding carboxylic acids is 3. The molecule has 0 aromatic heterocycles. The fraction of sp³-hybridized carbons (Fsp3) is 0.194. The van der Waals surface area contributed by atoms with Crippen molar-refractivity contribution in [1.82, 2.24) is 4.90 Å². The normalized spacial score (nSPS) is 22.6. The molecule has 3 heterocycles. The Labute approximate surface area is 254 Å². The number of rotatable bonds is 7. The second kappa shape index (κ2) is 10.4. The standard InChI is InChI=1S/C36H30N2O6/c1-42-23-11-8-10-22(19-23)32(39)31-30(33(40)26-16-15-24(43-2)20-29(26)44-3)36(27-13-6-7-14-28(27)37-35(36)41)34-25-12-5-4-9-21(25)17-18-38(31)34/h4-20,30-31,34H,1-3H3,(H,37,41). The first kappa shape index (κ1) is 27.5. The number of nitrogens with zero attached hydrogens (tertiary/aromatic N) is 1. The van der Waals surface area contributed by atoms with E-state index in [0.29, 0.717) is 34.1 Å². The van der Waals surface area contributed by atoms with Crippen LogP contribution in [-0.4, -0.2) is 49.7 Å². The van der Waals surface area contributed by atoms with Crippen molar-refractivity contribution in [3.63, 3.8) is 0 Å². The van der Waals surface area contributed by atoms with Gasteiger partial charge in [0, 0.05) is 23.5 Å². The first-order valence-electron chi connectivity index (χ1n) is 14.3. The van der Waals surface area contributed by atoms with Gasteiger partial charge in [-0.15, -0.1) is 0 Å². The minimum absolute atomic E-state index is 0.260. The summed E-state index contributed by atoms with van der Waals surface area (Å²) < 4.78 is 16.5. The lowest BCUT2D eigenvalue weighted by Crippen LogP contribution is -2.49. The van der Waals surface area contributed by atoms with Gasteiger partial charge in [-0.05, 0) is 53.1 Å². The Balaban J connectivity index is 1.53. The third-order valence-corrected chi connectivity index (χ3v) is 9.15. The Morgan fingerprint density at radius 1 is 0.795 bits per heavy atom. The van der Waals surface area contributed by atoms with Gasteiger partial charge in [0.1, 0.15) is 28.7 Å². The number of Topliss-reactive ketones (excluding diaryl/α,β-unsaturated/α-hetero) is 2. The van der Waals surface area contributed by atoms with Crippen LogP contribution in [0.5, 0.6) is 17.2 Å². The SMILES string of the molecule is COc1cccc(C(=O)C2C(C(=O)c3ccc(OC)cc3OC)C3(C(=O)Nc4ccccc43)C3c4ccccc4C=CN23)c1. The molecule has 3 aliphatic heterocycles. The number of nitrogens with one attached hydrogen (secondary N) is 1. The minimum atomic E-state index is -1.45. The molecule has 7 rings (SSSR count). The van der Waals surface area contributed by atoms with E-state index in [2.05, 4.69) is 5.32 Å². The summed E-state index contributed by atoms with van der Waals surface area (Å²) in [6.45, 7) is 0. The molecule has 4 atom stereocenters. The smallest absolute Gasteiger partial charge is 0.238 e. The van der Waals surface area contributed by atoms with Crippen LogP contribution in [0.2, 0.25) is 0 Å². The highest BCUT2D eigenvalue weighted by Gasteiger charge is 2.70. The Kier molecular flexibility index (Phi) is 6.50. The van der Waals surface area contributed by atoms with E-state index in [-0.39, 0.29) is 23.0 Å². The van der Waals surface area contributed by atoms with E-state index in [0.717, 1.165) is 11.1 Å². The molecule has 44 heavy (non-hydrogen) atoms. The van der Waals surface area contributed by atoms with E-state index in [4.69, 9.17) is 14.2 Å². The molecule has 1 amide bonds. The van der Waals surface area contributed by atoms with Crippen molar-refractivity contribution in [3.8, 4) is 17.2 Å². The number of amides is 1. The van der Waals surface area contributed by atoms with Crippen LogP contribution in [-0.2, 0) is 10.2 Å². The van der Waals surface area contributed by atoms with Crippen LogP contribution in [0.25, 0.3) is 6.08 Å². The minimum Gasteiger partial charge on any atom is -0.497 e. The molecule has 220 valence electrons. The average molecular weight is 587 g/mol. The number of carbonyl (C=O) groups is 3. The zero-order valence-electron chi connectivity index (χ0n) is 24.4. The molecule has 4 unspecified atom stereocenters. The van der Waals surface area contributed by atoms with Crippen LogP contribution in [0.4, 0.5) is 5.69 Å². The van der Waals surface area contributed by atoms with Gasteiger partial charge in [-0.1, -0.05) is 54.6 Å². The number of methoxy groups -OCH3 is 3. The Hall–Kier alpha value is -5.37. The maximum Gasteiger partial charge on any atom is 0.238 e. The van der Waals surface area contributed by atoms with Crippen molar-refractivity contribution in [3.05, 3.63) is 125 Å². The van der Waals surface area contributed by atoms with Gasteiger partial charge < -0.3 is 24.4 Å². The second-order valence-electron chi connectivity index (χ2n) is 11.1. The van der Waals surface area contributed by atoms with Crippen molar-refractivity contribution in [1.29, 1.82) is 0 Å². The van der Waals surface area contributed by atoms with Gasteiger partial charge in [0.15, 0.2) is 11.6 Å². The number of ether oxygens (including phenoxy) is 3. The third-order valence-electron chi connectivity index (χ3n) is 9.15. The summed E-state index contributed by atoms with van der Waals surface area (Å²) >= 11 is 0. The molecule has 0 saturated carbocycles. The number of ketones is 2. The Bertz CT molecular complexity index is 1870. The van der Waals surface area contributed by atoms with Gasteiger partial charge in [-0.25, -0.2) is 0 Å². The maximum absolute atomic E-state index is 15.1. The van der Waals surface area contributed by atoms with Crippen LogP contribution >= 0.6 is 0 Å². The molecule has 0 aliphatic carbocycles. The Morgan fingerprint density at radius 3 is 2.34 bits per heavy atom. The number of fused-ring (bicyclic) bond motifs is 6. The van der Waals surface area contributed by atoms with E-state index in [1.54, 1.807) is 42.5 Å². The molecule has 4 aromatic rings. The van der Waals surface area contributed by atoms with Gasteiger partial charge >= 0.3 is 0 Å². The monoisotopic (exact) mass is 586 g/mol. The second-order valence-corrected chi connectivity index (χ2v) is 11.1. The van der Waals surface area contributed by atoms with Gasteiger partial charge in [-0.2, -0.15) is 0 Å². The molecule has 4 aromatic carbocycles. The highest BCUT2D eigenvalue weighted by atomic mass is 16.5. The van der Waals surface area contributed by atoms with E-state index in [1.807, 2.05) is 65.7 Å². The molecule has 1 spiro atoms. The summed E-state index contributed by atoms with van der Waals surface area (Å²) in [7, 11) is 4.55. The van der Waals surface area contributed by atoms with Gasteiger partial charge in [0.05, 0.1) is 38.9 Å². The molecule has 0 radical (unpaired) electrons. The van der Waals surface area contributed by atoms with Crippen molar-refractivity contribution < 1.29 is 28.6 Å². The third kappa shape index (κ3) is 3.80. The lowest BCUT2D eigenvalue weighted by Gasteiger charge is -2.38. The van der Waals surface area contributed by atoms with E-state index in [9.17, 15) is 9.59 Å². The number of anilines is 1. The number of para-hydroxylation sites is 1. The summed E-state index contributed by atoms with van der Waals surface area (Å²) in [6, 6.07) is 25.4. The molecule has 8 nitrogen and oxygen atoms in total. The van der Waals surface area contributed by atoms with Crippen molar-refractivity contribution in [2.45, 2.75) is 17.5 Å². The first-order chi connectivity index (χ1) is 21.4. The lowest BCUT2D eigenvalue weighted by atomic mass is 9.62. The summed E-state index contributed by atoms with van der Waals surface area (Å²) in [6.07, 6.45) is 3.79. The van der Waals surface area contributed by atoms with Crippen LogP contribution in [0.3, 0.4) is 0 Å². The van der Waals surface area contributed by atoms with Crippen LogP contribution in [0.15, 0.2) is 97.2 Å². The molecule has 8 heteroatoms. The fourth-order valence-corrected chi connectivity index (χ4v) is 7.28. The van der Waals surface area contributed by atoms with Gasteiger partial charge in [0.2, 0.25) is 5.91 Å². The van der Waals surface area contributed by atoms with Gasteiger partial charge in [0.25, 0.3) is 0 Å². The van der Waals surface area contributed by atoms with Crippen molar-refractivity contribution in [2.24, 2.45) is 5.92 Å². The zero-order valence-corrected chi connectivity index (χ0v) is 24.4. The molecular formula is C36H30N2O6. The summed E-state index contributed by atoms with van der Waals surface area (Å²) in [5.74, 6) is -0.802. The van der Waals surface area contributed by atoms with E-state index < -0.39 is 23.4 Å². The van der Waals surface area contributed by atoms with Crippen LogP contribution in [0, 0.1) is 5.92 Å². The van der Waals surface area contributed by atoms with Crippen molar-refractivity contribution >= 4 is 29.2 Å². The Morgan fingerprint density at radius 2 is 1.55 bits per heavy atom. The highest BCUT2D eigenvalue weighted by molar-refractivity contribution is 6.17. The largest absolute Gasteiger partial charge is 0.497 e. The molecule has 1 fully saturated rings. The number of benzene rings is 4.